The maximum Gasteiger partial charge on any atom is 0.175 e. The molecule has 5 heteroatoms. The fourth-order valence-electron chi connectivity index (χ4n) is 2.46. The van der Waals surface area contributed by atoms with Gasteiger partial charge in [-0.05, 0) is 43.7 Å². The molecule has 23 heavy (non-hydrogen) atoms. The Labute approximate surface area is 138 Å². The van der Waals surface area contributed by atoms with Crippen molar-refractivity contribution in [2.45, 2.75) is 30.9 Å². The lowest BCUT2D eigenvalue weighted by atomic mass is 10.1. The van der Waals surface area contributed by atoms with Crippen molar-refractivity contribution in [3.05, 3.63) is 60.2 Å². The minimum Gasteiger partial charge on any atom is -0.387 e. The molecule has 2 aromatic rings. The number of hydrogen-bond acceptors (Lipinski definition) is 4. The lowest BCUT2D eigenvalue weighted by molar-refractivity contribution is 0.181. The first-order chi connectivity index (χ1) is 10.8. The molecule has 124 valence electrons. The molecule has 0 radical (unpaired) electrons. The van der Waals surface area contributed by atoms with Gasteiger partial charge in [0, 0.05) is 24.5 Å². The topological polar surface area (TPSA) is 57.6 Å². The molecule has 2 rings (SSSR count). The number of aliphatic hydroxyl groups excluding tert-OH is 1. The smallest absolute Gasteiger partial charge is 0.175 e. The Morgan fingerprint density at radius 1 is 1.00 bits per heavy atom. The number of para-hydroxylation sites is 1. The number of anilines is 1. The van der Waals surface area contributed by atoms with Crippen molar-refractivity contribution >= 4 is 15.5 Å². The van der Waals surface area contributed by atoms with Crippen molar-refractivity contribution in [2.24, 2.45) is 0 Å². The number of sulfone groups is 1. The van der Waals surface area contributed by atoms with Crippen LogP contribution < -0.4 is 4.90 Å². The van der Waals surface area contributed by atoms with Gasteiger partial charge < -0.3 is 10.0 Å². The second kappa shape index (κ2) is 7.15. The number of rotatable bonds is 6. The monoisotopic (exact) mass is 333 g/mol. The molecule has 4 nitrogen and oxygen atoms in total. The lowest BCUT2D eigenvalue weighted by Crippen LogP contribution is -2.34. The van der Waals surface area contributed by atoms with Crippen LogP contribution in [0.3, 0.4) is 0 Å². The van der Waals surface area contributed by atoms with Crippen molar-refractivity contribution in [1.29, 1.82) is 0 Å². The van der Waals surface area contributed by atoms with Crippen molar-refractivity contribution < 1.29 is 13.5 Å². The Balaban J connectivity index is 2.18. The molecule has 0 aliphatic heterocycles. The molecule has 0 fully saturated rings. The molecule has 0 saturated heterocycles. The van der Waals surface area contributed by atoms with Crippen LogP contribution in [0, 0.1) is 0 Å². The highest BCUT2D eigenvalue weighted by atomic mass is 32.2. The van der Waals surface area contributed by atoms with E-state index in [1.54, 1.807) is 12.1 Å². The van der Waals surface area contributed by atoms with Gasteiger partial charge in [-0.2, -0.15) is 0 Å². The molecule has 0 heterocycles. The first-order valence-corrected chi connectivity index (χ1v) is 9.48. The van der Waals surface area contributed by atoms with E-state index in [0.717, 1.165) is 5.69 Å². The minimum atomic E-state index is -3.22. The maximum absolute atomic E-state index is 11.5. The van der Waals surface area contributed by atoms with Crippen LogP contribution in [0.5, 0.6) is 0 Å². The van der Waals surface area contributed by atoms with Gasteiger partial charge in [0.25, 0.3) is 0 Å². The zero-order valence-electron chi connectivity index (χ0n) is 13.7. The summed E-state index contributed by atoms with van der Waals surface area (Å²) in [5, 5.41) is 10.5. The van der Waals surface area contributed by atoms with Gasteiger partial charge in [-0.1, -0.05) is 30.3 Å². The Bertz CT molecular complexity index is 725. The fourth-order valence-corrected chi connectivity index (χ4v) is 3.09. The first kappa shape index (κ1) is 17.5. The number of hydrogen-bond donors (Lipinski definition) is 1. The van der Waals surface area contributed by atoms with Crippen LogP contribution in [0.2, 0.25) is 0 Å². The molecule has 0 aromatic heterocycles. The van der Waals surface area contributed by atoms with E-state index >= 15 is 0 Å². The minimum absolute atomic E-state index is 0.238. The molecule has 2 aromatic carbocycles. The largest absolute Gasteiger partial charge is 0.387 e. The van der Waals surface area contributed by atoms with Gasteiger partial charge in [-0.15, -0.1) is 0 Å². The van der Waals surface area contributed by atoms with Crippen LogP contribution >= 0.6 is 0 Å². The maximum atomic E-state index is 11.5. The predicted molar refractivity (Wildman–Crippen MR) is 93.4 cm³/mol. The quantitative estimate of drug-likeness (QED) is 0.883. The van der Waals surface area contributed by atoms with Gasteiger partial charge in [0.2, 0.25) is 0 Å². The molecule has 1 N–H and O–H groups in total. The molecule has 0 spiro atoms. The Kier molecular flexibility index (Phi) is 5.44. The third kappa shape index (κ3) is 4.56. The van der Waals surface area contributed by atoms with Gasteiger partial charge in [0.1, 0.15) is 0 Å². The zero-order chi connectivity index (χ0) is 17.0. The van der Waals surface area contributed by atoms with Gasteiger partial charge >= 0.3 is 0 Å². The third-order valence-corrected chi connectivity index (χ3v) is 4.90. The molecule has 0 saturated carbocycles. The van der Waals surface area contributed by atoms with Crippen molar-refractivity contribution in [3.63, 3.8) is 0 Å². The standard InChI is InChI=1S/C18H23NO3S/c1-14(2)19(16-7-5-4-6-8-16)13-18(20)15-9-11-17(12-10-15)23(3,21)22/h4-12,14,18,20H,13H2,1-3H3. The van der Waals surface area contributed by atoms with Crippen molar-refractivity contribution in [1.82, 2.24) is 0 Å². The number of benzene rings is 2. The molecule has 1 atom stereocenters. The van der Waals surface area contributed by atoms with Crippen LogP contribution in [0.4, 0.5) is 5.69 Å². The van der Waals surface area contributed by atoms with Crippen LogP contribution in [0.15, 0.2) is 59.5 Å². The van der Waals surface area contributed by atoms with E-state index in [0.29, 0.717) is 12.1 Å². The average Bonchev–Trinajstić information content (AvgIpc) is 2.52. The molecular formula is C18H23NO3S. The van der Waals surface area contributed by atoms with E-state index in [1.807, 2.05) is 30.3 Å². The van der Waals surface area contributed by atoms with Gasteiger partial charge in [-0.3, -0.25) is 0 Å². The second-order valence-electron chi connectivity index (χ2n) is 5.94. The summed E-state index contributed by atoms with van der Waals surface area (Å²) in [6, 6.07) is 16.6. The van der Waals surface area contributed by atoms with E-state index in [1.165, 1.54) is 18.4 Å². The highest BCUT2D eigenvalue weighted by Crippen LogP contribution is 2.22. The summed E-state index contributed by atoms with van der Waals surface area (Å²) in [5.41, 5.74) is 1.76. The summed E-state index contributed by atoms with van der Waals surface area (Å²) in [5.74, 6) is 0. The van der Waals surface area contributed by atoms with E-state index in [2.05, 4.69) is 18.7 Å². The zero-order valence-corrected chi connectivity index (χ0v) is 14.5. The Morgan fingerprint density at radius 2 is 1.57 bits per heavy atom. The Morgan fingerprint density at radius 3 is 2.04 bits per heavy atom. The Hall–Kier alpha value is -1.85. The van der Waals surface area contributed by atoms with E-state index in [-0.39, 0.29) is 10.9 Å². The summed E-state index contributed by atoms with van der Waals surface area (Å²) in [4.78, 5) is 2.38. The van der Waals surface area contributed by atoms with Crippen LogP contribution in [-0.2, 0) is 9.84 Å². The van der Waals surface area contributed by atoms with Gasteiger partial charge in [0.05, 0.1) is 11.0 Å². The SMILES string of the molecule is CC(C)N(CC(O)c1ccc(S(C)(=O)=O)cc1)c1ccccc1. The highest BCUT2D eigenvalue weighted by Gasteiger charge is 2.17. The van der Waals surface area contributed by atoms with Crippen LogP contribution in [0.25, 0.3) is 0 Å². The molecule has 0 bridgehead atoms. The number of aliphatic hydroxyl groups is 1. The van der Waals surface area contributed by atoms with Crippen molar-refractivity contribution in [3.8, 4) is 0 Å². The van der Waals surface area contributed by atoms with Crippen molar-refractivity contribution in [2.75, 3.05) is 17.7 Å². The molecule has 0 aliphatic rings. The van der Waals surface area contributed by atoms with E-state index in [4.69, 9.17) is 0 Å². The summed E-state index contributed by atoms with van der Waals surface area (Å²) >= 11 is 0. The average molecular weight is 333 g/mol. The van der Waals surface area contributed by atoms with Crippen LogP contribution in [-0.4, -0.2) is 32.4 Å². The highest BCUT2D eigenvalue weighted by molar-refractivity contribution is 7.90. The second-order valence-corrected chi connectivity index (χ2v) is 7.95. The van der Waals surface area contributed by atoms with E-state index < -0.39 is 15.9 Å². The molecular weight excluding hydrogens is 310 g/mol. The fraction of sp³-hybridized carbons (Fsp3) is 0.333. The summed E-state index contributed by atoms with van der Waals surface area (Å²) < 4.78 is 23.0. The van der Waals surface area contributed by atoms with Gasteiger partial charge in [0.15, 0.2) is 9.84 Å². The molecule has 0 aliphatic carbocycles. The van der Waals surface area contributed by atoms with E-state index in [9.17, 15) is 13.5 Å². The third-order valence-electron chi connectivity index (χ3n) is 3.77. The summed E-state index contributed by atoms with van der Waals surface area (Å²) in [7, 11) is -3.22. The normalized spacial score (nSPS) is 13.1. The lowest BCUT2D eigenvalue weighted by Gasteiger charge is -2.31. The molecule has 1 unspecified atom stereocenters. The van der Waals surface area contributed by atoms with Crippen LogP contribution in [0.1, 0.15) is 25.5 Å². The number of nitrogens with zero attached hydrogens (tertiary/aromatic N) is 1. The molecule has 0 amide bonds. The summed E-state index contributed by atoms with van der Waals surface area (Å²) in [6.07, 6.45) is 0.486. The predicted octanol–water partition coefficient (Wildman–Crippen LogP) is 3.04. The summed E-state index contributed by atoms with van der Waals surface area (Å²) in [6.45, 7) is 4.60. The van der Waals surface area contributed by atoms with Gasteiger partial charge in [-0.25, -0.2) is 8.42 Å². The first-order valence-electron chi connectivity index (χ1n) is 7.59.